The van der Waals surface area contributed by atoms with Crippen molar-refractivity contribution in [1.29, 1.82) is 0 Å². The molecule has 1 aromatic rings. The van der Waals surface area contributed by atoms with Crippen LogP contribution in [0, 0.1) is 5.92 Å². The van der Waals surface area contributed by atoms with Gasteiger partial charge in [0, 0.05) is 24.5 Å². The molecule has 0 saturated heterocycles. The van der Waals surface area contributed by atoms with Gasteiger partial charge in [-0.05, 0) is 30.7 Å². The highest BCUT2D eigenvalue weighted by Crippen LogP contribution is 2.22. The average Bonchev–Trinajstić information content (AvgIpc) is 2.63. The van der Waals surface area contributed by atoms with Crippen LogP contribution in [-0.4, -0.2) is 31.4 Å². The second kappa shape index (κ2) is 14.8. The smallest absolute Gasteiger partial charge is 0.212 e. The van der Waals surface area contributed by atoms with E-state index < -0.39 is 0 Å². The van der Waals surface area contributed by atoms with Crippen molar-refractivity contribution < 1.29 is 14.0 Å². The Morgan fingerprint density at radius 1 is 1.37 bits per heavy atom. The summed E-state index contributed by atoms with van der Waals surface area (Å²) < 4.78 is 13.8. The fourth-order valence-corrected chi connectivity index (χ4v) is 1.93. The number of anilines is 2. The van der Waals surface area contributed by atoms with E-state index in [1.807, 2.05) is 0 Å². The number of allylic oxidation sites excluding steroid dienone is 5. The van der Waals surface area contributed by atoms with Crippen LogP contribution in [0.4, 0.5) is 15.9 Å². The second-order valence-corrected chi connectivity index (χ2v) is 6.05. The highest BCUT2D eigenvalue weighted by atomic mass is 35.5. The molecule has 1 rings (SSSR count). The predicted molar refractivity (Wildman–Crippen MR) is 110 cm³/mol. The Balaban J connectivity index is 0.00000153. The van der Waals surface area contributed by atoms with Gasteiger partial charge < -0.3 is 16.0 Å². The van der Waals surface area contributed by atoms with Gasteiger partial charge in [-0.15, -0.1) is 0 Å². The Labute approximate surface area is 168 Å². The highest BCUT2D eigenvalue weighted by Gasteiger charge is 2.09. The molecular weight excluding hydrogens is 394 g/mol. The molecule has 148 valence electrons. The van der Waals surface area contributed by atoms with Crippen molar-refractivity contribution in [1.82, 2.24) is 10.3 Å². The fraction of sp³-hybridized carbons (Fsp3) is 0.278. The Bertz CT molecular complexity index is 681. The number of hydrogen-bond acceptors (Lipinski definition) is 4. The standard InChI is InChI=1S/C16H18Cl2FN3O.C2H5NO/c1-11(13(19)5-3-4-12(2)17)8-9-20-14-6-7-15(18)22-16(14)21-10-23;1-3-2-4/h3-7,10-11,20H,2,8-9H2,1H3,(H,21,22,23);2H,1H3,(H,3,4)/b4-3-,13-5-;. The van der Waals surface area contributed by atoms with E-state index in [-0.39, 0.29) is 16.9 Å². The third-order valence-corrected chi connectivity index (χ3v) is 3.41. The van der Waals surface area contributed by atoms with Crippen LogP contribution in [0.1, 0.15) is 13.3 Å². The van der Waals surface area contributed by atoms with E-state index in [9.17, 15) is 9.18 Å². The zero-order chi connectivity index (χ0) is 20.7. The molecule has 0 fully saturated rings. The minimum atomic E-state index is -0.265. The van der Waals surface area contributed by atoms with Crippen LogP contribution in [0.5, 0.6) is 0 Å². The first-order valence-electron chi connectivity index (χ1n) is 7.95. The van der Waals surface area contributed by atoms with E-state index in [4.69, 9.17) is 28.0 Å². The number of halogens is 3. The van der Waals surface area contributed by atoms with Gasteiger partial charge in [-0.25, -0.2) is 9.37 Å². The summed E-state index contributed by atoms with van der Waals surface area (Å²) in [5.74, 6) is -0.181. The third kappa shape index (κ3) is 11.8. The van der Waals surface area contributed by atoms with Gasteiger partial charge in [0.25, 0.3) is 0 Å². The van der Waals surface area contributed by atoms with Crippen LogP contribution in [0.25, 0.3) is 0 Å². The van der Waals surface area contributed by atoms with Crippen molar-refractivity contribution in [3.8, 4) is 0 Å². The third-order valence-electron chi connectivity index (χ3n) is 3.07. The van der Waals surface area contributed by atoms with Gasteiger partial charge >= 0.3 is 0 Å². The number of nitrogens with zero attached hydrogens (tertiary/aromatic N) is 1. The molecular formula is C18H23Cl2FN4O2. The van der Waals surface area contributed by atoms with Gasteiger partial charge in [-0.3, -0.25) is 9.59 Å². The molecule has 1 unspecified atom stereocenters. The van der Waals surface area contributed by atoms with Gasteiger partial charge in [0.2, 0.25) is 12.8 Å². The number of carbonyl (C=O) groups is 2. The van der Waals surface area contributed by atoms with Crippen LogP contribution in [-0.2, 0) is 9.59 Å². The summed E-state index contributed by atoms with van der Waals surface area (Å²) in [6.45, 7) is 5.76. The van der Waals surface area contributed by atoms with E-state index in [0.717, 1.165) is 0 Å². The number of hydrogen-bond donors (Lipinski definition) is 3. The lowest BCUT2D eigenvalue weighted by Gasteiger charge is -2.13. The van der Waals surface area contributed by atoms with Crippen molar-refractivity contribution in [2.24, 2.45) is 5.92 Å². The molecule has 2 amide bonds. The molecule has 1 heterocycles. The Morgan fingerprint density at radius 3 is 2.59 bits per heavy atom. The van der Waals surface area contributed by atoms with Crippen LogP contribution in [0.3, 0.4) is 0 Å². The highest BCUT2D eigenvalue weighted by molar-refractivity contribution is 6.30. The molecule has 0 aliphatic carbocycles. The summed E-state index contributed by atoms with van der Waals surface area (Å²) in [5, 5.41) is 8.42. The van der Waals surface area contributed by atoms with Crippen LogP contribution >= 0.6 is 23.2 Å². The average molecular weight is 417 g/mol. The Kier molecular flexibility index (Phi) is 13.5. The quantitative estimate of drug-likeness (QED) is 0.302. The lowest BCUT2D eigenvalue weighted by atomic mass is 10.1. The van der Waals surface area contributed by atoms with Crippen molar-refractivity contribution >= 4 is 47.5 Å². The molecule has 3 N–H and O–H groups in total. The second-order valence-electron chi connectivity index (χ2n) is 5.17. The minimum Gasteiger partial charge on any atom is -0.382 e. The summed E-state index contributed by atoms with van der Waals surface area (Å²) in [5.41, 5.74) is 0.622. The normalized spacial score (nSPS) is 11.8. The molecule has 0 radical (unpaired) electrons. The maximum Gasteiger partial charge on any atom is 0.212 e. The van der Waals surface area contributed by atoms with E-state index in [0.29, 0.717) is 42.3 Å². The topological polar surface area (TPSA) is 83.1 Å². The van der Waals surface area contributed by atoms with Gasteiger partial charge in [0.15, 0.2) is 5.82 Å². The van der Waals surface area contributed by atoms with E-state index in [1.54, 1.807) is 26.1 Å². The summed E-state index contributed by atoms with van der Waals surface area (Å²) in [7, 11) is 1.56. The van der Waals surface area contributed by atoms with E-state index in [2.05, 4.69) is 27.5 Å². The first-order valence-corrected chi connectivity index (χ1v) is 8.70. The summed E-state index contributed by atoms with van der Waals surface area (Å²) in [6, 6.07) is 3.31. The van der Waals surface area contributed by atoms with E-state index in [1.165, 1.54) is 18.2 Å². The first kappa shape index (κ1) is 24.6. The van der Waals surface area contributed by atoms with E-state index >= 15 is 0 Å². The molecule has 27 heavy (non-hydrogen) atoms. The molecule has 0 aromatic carbocycles. The molecule has 0 spiro atoms. The van der Waals surface area contributed by atoms with Crippen molar-refractivity contribution in [3.05, 3.63) is 53.0 Å². The largest absolute Gasteiger partial charge is 0.382 e. The minimum absolute atomic E-state index is 0.249. The summed E-state index contributed by atoms with van der Waals surface area (Å²) in [6.07, 6.45) is 6.10. The molecule has 1 atom stereocenters. The molecule has 9 heteroatoms. The van der Waals surface area contributed by atoms with Crippen LogP contribution in [0.15, 0.2) is 47.8 Å². The fourth-order valence-electron chi connectivity index (χ4n) is 1.71. The van der Waals surface area contributed by atoms with Gasteiger partial charge in [0.05, 0.1) is 5.69 Å². The zero-order valence-electron chi connectivity index (χ0n) is 15.1. The van der Waals surface area contributed by atoms with Gasteiger partial charge in [-0.1, -0.05) is 42.8 Å². The van der Waals surface area contributed by atoms with Gasteiger partial charge in [-0.2, -0.15) is 0 Å². The molecule has 0 saturated carbocycles. The monoisotopic (exact) mass is 416 g/mol. The molecule has 0 aliphatic heterocycles. The maximum absolute atomic E-state index is 13.8. The number of carbonyl (C=O) groups excluding carboxylic acids is 2. The number of nitrogens with one attached hydrogen (secondary N) is 3. The Hall–Kier alpha value is -2.38. The number of rotatable bonds is 10. The lowest BCUT2D eigenvalue weighted by molar-refractivity contribution is -0.109. The number of amides is 2. The van der Waals surface area contributed by atoms with Crippen LogP contribution < -0.4 is 16.0 Å². The molecule has 6 nitrogen and oxygen atoms in total. The summed E-state index contributed by atoms with van der Waals surface area (Å²) >= 11 is 11.3. The lowest BCUT2D eigenvalue weighted by Crippen LogP contribution is -2.10. The molecule has 1 aromatic heterocycles. The number of pyridine rings is 1. The van der Waals surface area contributed by atoms with Crippen LogP contribution in [0.2, 0.25) is 5.15 Å². The molecule has 0 aliphatic rings. The van der Waals surface area contributed by atoms with Crippen molar-refractivity contribution in [3.63, 3.8) is 0 Å². The summed E-state index contributed by atoms with van der Waals surface area (Å²) in [4.78, 5) is 23.6. The maximum atomic E-state index is 13.8. The van der Waals surface area contributed by atoms with Crippen molar-refractivity contribution in [2.45, 2.75) is 13.3 Å². The SMILES string of the molecule is C=C(Cl)/C=C\C=C(/F)C(C)CCNc1ccc(Cl)nc1NC=O.CNC=O. The van der Waals surface area contributed by atoms with Crippen molar-refractivity contribution in [2.75, 3.05) is 24.2 Å². The number of aromatic nitrogens is 1. The van der Waals surface area contributed by atoms with Gasteiger partial charge in [0.1, 0.15) is 11.0 Å². The Morgan fingerprint density at radius 2 is 2.04 bits per heavy atom. The zero-order valence-corrected chi connectivity index (χ0v) is 16.6. The first-order chi connectivity index (χ1) is 12.8. The molecule has 0 bridgehead atoms. The predicted octanol–water partition coefficient (Wildman–Crippen LogP) is 4.27.